The molecular weight excluding hydrogens is 344 g/mol. The lowest BCUT2D eigenvalue weighted by Gasteiger charge is -2.38. The van der Waals surface area contributed by atoms with Gasteiger partial charge in [-0.1, -0.05) is 27.7 Å². The van der Waals surface area contributed by atoms with Crippen molar-refractivity contribution in [2.24, 2.45) is 16.7 Å². The van der Waals surface area contributed by atoms with Crippen molar-refractivity contribution in [1.29, 1.82) is 0 Å². The molecule has 0 bridgehead atoms. The molecule has 1 aromatic heterocycles. The van der Waals surface area contributed by atoms with Crippen LogP contribution in [0.2, 0.25) is 0 Å². The number of hydrogen-bond donors (Lipinski definition) is 1. The van der Waals surface area contributed by atoms with E-state index in [2.05, 4.69) is 0 Å². The van der Waals surface area contributed by atoms with Gasteiger partial charge in [0.05, 0.1) is 12.2 Å². The van der Waals surface area contributed by atoms with Crippen molar-refractivity contribution in [3.05, 3.63) is 35.0 Å². The molecule has 27 heavy (non-hydrogen) atoms. The van der Waals surface area contributed by atoms with E-state index in [1.54, 1.807) is 13.0 Å². The molecule has 1 heterocycles. The largest absolute Gasteiger partial charge is 0.512 e. The van der Waals surface area contributed by atoms with Gasteiger partial charge in [0.2, 0.25) is 0 Å². The predicted molar refractivity (Wildman–Crippen MR) is 100 cm³/mol. The van der Waals surface area contributed by atoms with Crippen molar-refractivity contribution in [2.45, 2.75) is 66.2 Å². The van der Waals surface area contributed by atoms with E-state index in [-0.39, 0.29) is 58.8 Å². The van der Waals surface area contributed by atoms with Crippen LogP contribution in [0.15, 0.2) is 28.1 Å². The summed E-state index contributed by atoms with van der Waals surface area (Å²) in [5, 5.41) is 10.7. The van der Waals surface area contributed by atoms with E-state index in [0.29, 0.717) is 17.7 Å². The van der Waals surface area contributed by atoms with Crippen LogP contribution in [0.25, 0.3) is 0 Å². The van der Waals surface area contributed by atoms with Gasteiger partial charge in [-0.3, -0.25) is 14.4 Å². The molecule has 0 aliphatic heterocycles. The Bertz CT molecular complexity index is 817. The quantitative estimate of drug-likeness (QED) is 0.793. The zero-order chi connectivity index (χ0) is 20.1. The second-order valence-corrected chi connectivity index (χ2v) is 9.70. The molecule has 0 saturated heterocycles. The van der Waals surface area contributed by atoms with E-state index < -0.39 is 11.8 Å². The number of furan rings is 1. The Hall–Kier alpha value is -2.17. The molecule has 2 aliphatic rings. The Labute approximate surface area is 159 Å². The average Bonchev–Trinajstić information content (AvgIpc) is 2.87. The summed E-state index contributed by atoms with van der Waals surface area (Å²) in [4.78, 5) is 38.9. The van der Waals surface area contributed by atoms with E-state index in [4.69, 9.17) is 4.42 Å². The van der Waals surface area contributed by atoms with E-state index in [1.807, 2.05) is 27.7 Å². The highest BCUT2D eigenvalue weighted by Gasteiger charge is 2.48. The number of Topliss-reactive ketones (excluding diaryl/α,β-unsaturated/α-hetero) is 3. The number of aryl methyl sites for hydroxylation is 1. The molecule has 1 aromatic rings. The molecule has 5 heteroatoms. The molecule has 2 aliphatic carbocycles. The number of carbonyl (C=O) groups excluding carboxylic acids is 3. The lowest BCUT2D eigenvalue weighted by Crippen LogP contribution is -2.43. The van der Waals surface area contributed by atoms with Gasteiger partial charge in [-0.25, -0.2) is 0 Å². The van der Waals surface area contributed by atoms with Crippen LogP contribution in [0.3, 0.4) is 0 Å². The molecule has 5 nitrogen and oxygen atoms in total. The summed E-state index contributed by atoms with van der Waals surface area (Å²) in [6.45, 7) is 9.43. The highest BCUT2D eigenvalue weighted by molar-refractivity contribution is 6.09. The second kappa shape index (κ2) is 6.47. The number of ketones is 3. The van der Waals surface area contributed by atoms with Crippen LogP contribution in [-0.2, 0) is 14.4 Å². The molecule has 3 rings (SSSR count). The number of hydrogen-bond acceptors (Lipinski definition) is 5. The Morgan fingerprint density at radius 3 is 2.04 bits per heavy atom. The van der Waals surface area contributed by atoms with Gasteiger partial charge >= 0.3 is 0 Å². The normalized spacial score (nSPS) is 24.4. The third-order valence-corrected chi connectivity index (χ3v) is 5.65. The van der Waals surface area contributed by atoms with Crippen LogP contribution in [0, 0.1) is 23.7 Å². The molecule has 1 unspecified atom stereocenters. The average molecular weight is 372 g/mol. The molecule has 1 N–H and O–H groups in total. The van der Waals surface area contributed by atoms with Crippen LogP contribution in [0.5, 0.6) is 0 Å². The third kappa shape index (κ3) is 3.78. The van der Waals surface area contributed by atoms with E-state index in [9.17, 15) is 19.5 Å². The summed E-state index contributed by atoms with van der Waals surface area (Å²) in [5.74, 6) is -1.63. The first-order valence-corrected chi connectivity index (χ1v) is 9.46. The number of rotatable bonds is 3. The summed E-state index contributed by atoms with van der Waals surface area (Å²) in [5.41, 5.74) is 0.0933. The first-order valence-electron chi connectivity index (χ1n) is 9.46. The van der Waals surface area contributed by atoms with Crippen LogP contribution in [0.1, 0.15) is 70.6 Å². The third-order valence-electron chi connectivity index (χ3n) is 5.65. The summed E-state index contributed by atoms with van der Waals surface area (Å²) < 4.78 is 5.41. The van der Waals surface area contributed by atoms with Crippen LogP contribution >= 0.6 is 0 Å². The van der Waals surface area contributed by atoms with E-state index in [0.717, 1.165) is 0 Å². The molecule has 0 spiro atoms. The van der Waals surface area contributed by atoms with Gasteiger partial charge in [-0.05, 0) is 29.4 Å². The number of aliphatic hydroxyl groups excluding tert-OH is 1. The summed E-state index contributed by atoms with van der Waals surface area (Å²) in [6, 6.07) is 1.75. The SMILES string of the molecule is Cc1cc(C(C2=C(O)CC(C)(C)CC2=O)C2C(=O)CC(C)(C)CC2=O)co1. The Kier molecular flexibility index (Phi) is 4.69. The summed E-state index contributed by atoms with van der Waals surface area (Å²) in [7, 11) is 0. The zero-order valence-corrected chi connectivity index (χ0v) is 16.7. The number of aliphatic hydroxyl groups is 1. The second-order valence-electron chi connectivity index (χ2n) is 9.70. The minimum absolute atomic E-state index is 0.00876. The topological polar surface area (TPSA) is 84.6 Å². The molecule has 1 fully saturated rings. The summed E-state index contributed by atoms with van der Waals surface area (Å²) >= 11 is 0. The molecule has 0 amide bonds. The monoisotopic (exact) mass is 372 g/mol. The first-order chi connectivity index (χ1) is 12.4. The standard InChI is InChI=1S/C22H28O5/c1-12-6-13(11-27-12)18(19-14(23)7-21(2,3)8-15(19)24)20-16(25)9-22(4,5)10-17(20)26/h6,11,18-19,25H,7-10H2,1-5H3. The van der Waals surface area contributed by atoms with E-state index in [1.165, 1.54) is 6.26 Å². The smallest absolute Gasteiger partial charge is 0.163 e. The maximum atomic E-state index is 13.0. The molecular formula is C22H28O5. The van der Waals surface area contributed by atoms with Crippen LogP contribution in [0.4, 0.5) is 0 Å². The fourth-order valence-corrected chi connectivity index (χ4v) is 4.58. The van der Waals surface area contributed by atoms with Crippen molar-refractivity contribution in [3.63, 3.8) is 0 Å². The lowest BCUT2D eigenvalue weighted by atomic mass is 9.63. The fraction of sp³-hybridized carbons (Fsp3) is 0.591. The highest BCUT2D eigenvalue weighted by atomic mass is 16.3. The maximum Gasteiger partial charge on any atom is 0.163 e. The van der Waals surface area contributed by atoms with Crippen molar-refractivity contribution in [1.82, 2.24) is 0 Å². The van der Waals surface area contributed by atoms with Gasteiger partial charge in [0.1, 0.15) is 23.1 Å². The number of carbonyl (C=O) groups is 3. The van der Waals surface area contributed by atoms with Gasteiger partial charge in [0.25, 0.3) is 0 Å². The van der Waals surface area contributed by atoms with Crippen LogP contribution < -0.4 is 0 Å². The predicted octanol–water partition coefficient (Wildman–Crippen LogP) is 4.45. The van der Waals surface area contributed by atoms with E-state index >= 15 is 0 Å². The van der Waals surface area contributed by atoms with Gasteiger partial charge < -0.3 is 9.52 Å². The minimum atomic E-state index is -0.947. The summed E-state index contributed by atoms with van der Waals surface area (Å²) in [6.07, 6.45) is 2.69. The minimum Gasteiger partial charge on any atom is -0.512 e. The van der Waals surface area contributed by atoms with Crippen molar-refractivity contribution < 1.29 is 23.9 Å². The Morgan fingerprint density at radius 1 is 1.00 bits per heavy atom. The van der Waals surface area contributed by atoms with Crippen molar-refractivity contribution in [3.8, 4) is 0 Å². The molecule has 0 radical (unpaired) electrons. The Morgan fingerprint density at radius 2 is 1.56 bits per heavy atom. The maximum absolute atomic E-state index is 13.0. The fourth-order valence-electron chi connectivity index (χ4n) is 4.58. The highest BCUT2D eigenvalue weighted by Crippen LogP contribution is 2.47. The number of allylic oxidation sites excluding steroid dienone is 2. The first kappa shape index (κ1) is 19.6. The van der Waals surface area contributed by atoms with Gasteiger partial charge in [-0.15, -0.1) is 0 Å². The molecule has 1 saturated carbocycles. The Balaban J connectivity index is 2.13. The van der Waals surface area contributed by atoms with Crippen LogP contribution in [-0.4, -0.2) is 22.5 Å². The molecule has 0 aromatic carbocycles. The van der Waals surface area contributed by atoms with Gasteiger partial charge in [0.15, 0.2) is 5.78 Å². The van der Waals surface area contributed by atoms with Crippen molar-refractivity contribution in [2.75, 3.05) is 0 Å². The van der Waals surface area contributed by atoms with Gasteiger partial charge in [0, 0.05) is 37.2 Å². The lowest BCUT2D eigenvalue weighted by molar-refractivity contribution is -0.140. The zero-order valence-electron chi connectivity index (χ0n) is 16.7. The van der Waals surface area contributed by atoms with Gasteiger partial charge in [-0.2, -0.15) is 0 Å². The van der Waals surface area contributed by atoms with Crippen molar-refractivity contribution >= 4 is 17.3 Å². The molecule has 1 atom stereocenters. The molecule has 146 valence electrons.